The topological polar surface area (TPSA) is 38.7 Å². The van der Waals surface area contributed by atoms with Crippen LogP contribution in [0.25, 0.3) is 88.4 Å². The highest BCUT2D eigenvalue weighted by atomic mass is 15.0. The van der Waals surface area contributed by atoms with Gasteiger partial charge in [-0.25, -0.2) is 15.0 Å². The maximum absolute atomic E-state index is 5.28. The molecule has 0 saturated carbocycles. The summed E-state index contributed by atoms with van der Waals surface area (Å²) in [5, 5.41) is 9.39. The van der Waals surface area contributed by atoms with Gasteiger partial charge < -0.3 is 0 Å². The highest BCUT2D eigenvalue weighted by Crippen LogP contribution is 2.40. The van der Waals surface area contributed by atoms with Crippen LogP contribution in [0.5, 0.6) is 0 Å². The molecule has 0 atom stereocenters. The number of nitrogens with zero attached hydrogens (tertiary/aromatic N) is 3. The molecule has 1 aromatic heterocycles. The average Bonchev–Trinajstić information content (AvgIpc) is 3.13. The van der Waals surface area contributed by atoms with Crippen LogP contribution in [-0.2, 0) is 0 Å². The molecule has 0 N–H and O–H groups in total. The first-order valence-corrected chi connectivity index (χ1v) is 15.5. The highest BCUT2D eigenvalue weighted by Gasteiger charge is 2.19. The molecule has 46 heavy (non-hydrogen) atoms. The van der Waals surface area contributed by atoms with Gasteiger partial charge >= 0.3 is 0 Å². The molecule has 9 rings (SSSR count). The molecule has 0 aliphatic carbocycles. The number of fused-ring (bicyclic) bond motifs is 5. The van der Waals surface area contributed by atoms with E-state index >= 15 is 0 Å². The lowest BCUT2D eigenvalue weighted by Crippen LogP contribution is -2.01. The predicted octanol–water partition coefficient (Wildman–Crippen LogP) is 11.2. The van der Waals surface area contributed by atoms with E-state index in [1.807, 2.05) is 18.2 Å². The minimum Gasteiger partial charge on any atom is -0.208 e. The Morgan fingerprint density at radius 3 is 1.67 bits per heavy atom. The van der Waals surface area contributed by atoms with Crippen LogP contribution in [0, 0.1) is 0 Å². The Hall–Kier alpha value is -6.19. The molecule has 0 aliphatic heterocycles. The second-order valence-electron chi connectivity index (χ2n) is 11.6. The lowest BCUT2D eigenvalue weighted by atomic mass is 9.92. The Balaban J connectivity index is 1.34. The molecule has 9 aromatic rings. The van der Waals surface area contributed by atoms with Crippen molar-refractivity contribution < 1.29 is 0 Å². The van der Waals surface area contributed by atoms with Crippen LogP contribution in [0.1, 0.15) is 0 Å². The Labute approximate surface area is 266 Å². The Morgan fingerprint density at radius 2 is 0.848 bits per heavy atom. The minimum absolute atomic E-state index is 0.646. The molecule has 0 radical (unpaired) electrons. The third kappa shape index (κ3) is 4.41. The fourth-order valence-corrected chi connectivity index (χ4v) is 6.71. The molecule has 0 unspecified atom stereocenters. The van der Waals surface area contributed by atoms with E-state index in [1.54, 1.807) is 0 Å². The van der Waals surface area contributed by atoms with Gasteiger partial charge in [0, 0.05) is 22.1 Å². The summed E-state index contributed by atoms with van der Waals surface area (Å²) in [6.07, 6.45) is 0. The first-order chi connectivity index (χ1) is 22.8. The second-order valence-corrected chi connectivity index (χ2v) is 11.6. The van der Waals surface area contributed by atoms with Crippen molar-refractivity contribution in [1.29, 1.82) is 0 Å². The summed E-state index contributed by atoms with van der Waals surface area (Å²) in [5.74, 6) is 1.96. The largest absolute Gasteiger partial charge is 0.208 e. The summed E-state index contributed by atoms with van der Waals surface area (Å²) in [5.41, 5.74) is 5.23. The summed E-state index contributed by atoms with van der Waals surface area (Å²) in [4.78, 5) is 15.6. The molecule has 0 spiro atoms. The molecule has 3 heteroatoms. The SMILES string of the molecule is c1ccc(-c2nc(-c3cccc(-c4cccc5ccccc45)c3)nc(-c3c4ccccc4cc4ccc5ccccc5c34)n2)cc1. The zero-order chi connectivity index (χ0) is 30.5. The van der Waals surface area contributed by atoms with Crippen LogP contribution < -0.4 is 0 Å². The summed E-state index contributed by atoms with van der Waals surface area (Å²) in [6.45, 7) is 0. The van der Waals surface area contributed by atoms with Gasteiger partial charge in [-0.1, -0.05) is 152 Å². The normalized spacial score (nSPS) is 11.5. The van der Waals surface area contributed by atoms with Gasteiger partial charge in [0.2, 0.25) is 0 Å². The molecular weight excluding hydrogens is 558 g/mol. The third-order valence-electron chi connectivity index (χ3n) is 8.86. The van der Waals surface area contributed by atoms with Crippen molar-refractivity contribution in [2.45, 2.75) is 0 Å². The number of hydrogen-bond donors (Lipinski definition) is 0. The standard InChI is InChI=1S/C43H27N3/c1-2-14-30(15-3-1)41-44-42(34-19-10-18-31(27-34)36-23-11-17-28-12-4-7-20-35(28)36)46-43(45-41)40-38-22-9-6-16-32(38)26-33-25-24-29-13-5-8-21-37(29)39(33)40/h1-27H. The van der Waals surface area contributed by atoms with Crippen molar-refractivity contribution in [2.24, 2.45) is 0 Å². The maximum Gasteiger partial charge on any atom is 0.165 e. The van der Waals surface area contributed by atoms with E-state index in [2.05, 4.69) is 146 Å². The van der Waals surface area contributed by atoms with Crippen LogP contribution >= 0.6 is 0 Å². The molecule has 0 bridgehead atoms. The molecule has 0 fully saturated rings. The van der Waals surface area contributed by atoms with Crippen molar-refractivity contribution in [2.75, 3.05) is 0 Å². The number of rotatable bonds is 4. The minimum atomic E-state index is 0.646. The monoisotopic (exact) mass is 585 g/mol. The van der Waals surface area contributed by atoms with Gasteiger partial charge in [0.25, 0.3) is 0 Å². The summed E-state index contributed by atoms with van der Waals surface area (Å²) >= 11 is 0. The first kappa shape index (κ1) is 26.2. The fourth-order valence-electron chi connectivity index (χ4n) is 6.71. The van der Waals surface area contributed by atoms with Gasteiger partial charge in [0.15, 0.2) is 17.5 Å². The molecule has 0 aliphatic rings. The van der Waals surface area contributed by atoms with Crippen molar-refractivity contribution in [3.63, 3.8) is 0 Å². The van der Waals surface area contributed by atoms with E-state index in [9.17, 15) is 0 Å². The van der Waals surface area contributed by atoms with Crippen molar-refractivity contribution in [1.82, 2.24) is 15.0 Å². The number of aromatic nitrogens is 3. The number of benzene rings is 8. The average molecular weight is 586 g/mol. The Morgan fingerprint density at radius 1 is 0.304 bits per heavy atom. The first-order valence-electron chi connectivity index (χ1n) is 15.5. The Bertz CT molecular complexity index is 2580. The van der Waals surface area contributed by atoms with E-state index in [1.165, 1.54) is 27.1 Å². The van der Waals surface area contributed by atoms with Crippen molar-refractivity contribution >= 4 is 43.1 Å². The van der Waals surface area contributed by atoms with Crippen LogP contribution in [0.3, 0.4) is 0 Å². The zero-order valence-electron chi connectivity index (χ0n) is 24.9. The van der Waals surface area contributed by atoms with Crippen LogP contribution in [0.2, 0.25) is 0 Å². The van der Waals surface area contributed by atoms with E-state index < -0.39 is 0 Å². The highest BCUT2D eigenvalue weighted by molar-refractivity contribution is 6.21. The summed E-state index contributed by atoms with van der Waals surface area (Å²) in [7, 11) is 0. The lowest BCUT2D eigenvalue weighted by molar-refractivity contribution is 1.08. The van der Waals surface area contributed by atoms with Gasteiger partial charge in [-0.2, -0.15) is 0 Å². The summed E-state index contributed by atoms with van der Waals surface area (Å²) < 4.78 is 0. The quantitative estimate of drug-likeness (QED) is 0.152. The fraction of sp³-hybridized carbons (Fsp3) is 0. The third-order valence-corrected chi connectivity index (χ3v) is 8.86. The molecule has 0 amide bonds. The lowest BCUT2D eigenvalue weighted by Gasteiger charge is -2.15. The zero-order valence-corrected chi connectivity index (χ0v) is 24.9. The van der Waals surface area contributed by atoms with Gasteiger partial charge in [-0.3, -0.25) is 0 Å². The van der Waals surface area contributed by atoms with Crippen LogP contribution in [-0.4, -0.2) is 15.0 Å². The second kappa shape index (κ2) is 10.8. The Kier molecular flexibility index (Phi) is 6.14. The van der Waals surface area contributed by atoms with E-state index in [-0.39, 0.29) is 0 Å². The van der Waals surface area contributed by atoms with Gasteiger partial charge in [0.05, 0.1) is 0 Å². The van der Waals surface area contributed by atoms with Crippen molar-refractivity contribution in [3.8, 4) is 45.3 Å². The molecule has 1 heterocycles. The van der Waals surface area contributed by atoms with E-state index in [4.69, 9.17) is 15.0 Å². The van der Waals surface area contributed by atoms with E-state index in [0.717, 1.165) is 43.8 Å². The van der Waals surface area contributed by atoms with E-state index in [0.29, 0.717) is 17.5 Å². The van der Waals surface area contributed by atoms with Gasteiger partial charge in [-0.05, 0) is 61.0 Å². The molecule has 0 saturated heterocycles. The molecular formula is C43H27N3. The van der Waals surface area contributed by atoms with Gasteiger partial charge in [0.1, 0.15) is 0 Å². The van der Waals surface area contributed by atoms with Crippen LogP contribution in [0.15, 0.2) is 164 Å². The van der Waals surface area contributed by atoms with Crippen molar-refractivity contribution in [3.05, 3.63) is 164 Å². The van der Waals surface area contributed by atoms with Crippen LogP contribution in [0.4, 0.5) is 0 Å². The molecule has 8 aromatic carbocycles. The molecule has 214 valence electrons. The number of hydrogen-bond acceptors (Lipinski definition) is 3. The predicted molar refractivity (Wildman–Crippen MR) is 192 cm³/mol. The maximum atomic E-state index is 5.28. The summed E-state index contributed by atoms with van der Waals surface area (Å²) in [6, 6.07) is 57.5. The molecule has 3 nitrogen and oxygen atoms in total. The van der Waals surface area contributed by atoms with Gasteiger partial charge in [-0.15, -0.1) is 0 Å². The smallest absolute Gasteiger partial charge is 0.165 e.